The minimum absolute atomic E-state index is 0.208. The Morgan fingerprint density at radius 2 is 1.66 bits per heavy atom. The van der Waals surface area contributed by atoms with Crippen molar-refractivity contribution in [1.82, 2.24) is 14.8 Å². The lowest BCUT2D eigenvalue weighted by Gasteiger charge is -2.15. The molecule has 0 aliphatic rings. The maximum atomic E-state index is 12.6. The number of carbonyl (C=O) groups excluding carboxylic acids is 1. The summed E-state index contributed by atoms with van der Waals surface area (Å²) in [6, 6.07) is 13.2. The van der Waals surface area contributed by atoms with E-state index in [2.05, 4.69) is 10.1 Å². The smallest absolute Gasteiger partial charge is 0.365 e. The molecule has 1 unspecified atom stereocenters. The number of hydrogen-bond donors (Lipinski definition) is 0. The predicted octanol–water partition coefficient (Wildman–Crippen LogP) is 3.76. The molecule has 0 N–H and O–H groups in total. The molecule has 0 aliphatic heterocycles. The molecule has 0 bridgehead atoms. The van der Waals surface area contributed by atoms with Crippen LogP contribution in [0.1, 0.15) is 19.9 Å². The molecule has 1 aromatic heterocycles. The van der Waals surface area contributed by atoms with E-state index in [9.17, 15) is 9.59 Å². The number of rotatable bonds is 6. The molecular formula is C21H20ClN3O4. The molecule has 7 nitrogen and oxygen atoms in total. The zero-order chi connectivity index (χ0) is 21.0. The van der Waals surface area contributed by atoms with Crippen LogP contribution < -0.4 is 10.4 Å². The van der Waals surface area contributed by atoms with E-state index in [0.717, 1.165) is 4.68 Å². The second-order valence-corrected chi connectivity index (χ2v) is 6.64. The van der Waals surface area contributed by atoms with Crippen molar-refractivity contribution in [3.05, 3.63) is 64.0 Å². The van der Waals surface area contributed by atoms with E-state index in [-0.39, 0.29) is 6.61 Å². The van der Waals surface area contributed by atoms with Gasteiger partial charge in [-0.3, -0.25) is 0 Å². The highest BCUT2D eigenvalue weighted by Gasteiger charge is 2.22. The SMILES string of the molecule is CCOC(=O)C(C)n1nc(-c2ccc(OC)cc2)c(-c2ccc(Cl)cc2)nc1=O. The van der Waals surface area contributed by atoms with Gasteiger partial charge in [0.05, 0.1) is 13.7 Å². The van der Waals surface area contributed by atoms with Crippen molar-refractivity contribution < 1.29 is 14.3 Å². The van der Waals surface area contributed by atoms with Crippen LogP contribution in [0.5, 0.6) is 5.75 Å². The van der Waals surface area contributed by atoms with Crippen molar-refractivity contribution >= 4 is 17.6 Å². The van der Waals surface area contributed by atoms with Gasteiger partial charge < -0.3 is 9.47 Å². The molecule has 0 aliphatic carbocycles. The topological polar surface area (TPSA) is 83.3 Å². The van der Waals surface area contributed by atoms with Crippen LogP contribution in [0.15, 0.2) is 53.3 Å². The van der Waals surface area contributed by atoms with Gasteiger partial charge in [0.15, 0.2) is 6.04 Å². The fourth-order valence-electron chi connectivity index (χ4n) is 2.77. The molecule has 0 saturated heterocycles. The maximum absolute atomic E-state index is 12.6. The van der Waals surface area contributed by atoms with Crippen molar-refractivity contribution in [2.24, 2.45) is 0 Å². The summed E-state index contributed by atoms with van der Waals surface area (Å²) in [5.74, 6) is 0.131. The first-order valence-electron chi connectivity index (χ1n) is 9.02. The number of nitrogens with zero attached hydrogens (tertiary/aromatic N) is 3. The van der Waals surface area contributed by atoms with E-state index in [1.165, 1.54) is 0 Å². The van der Waals surface area contributed by atoms with Crippen molar-refractivity contribution in [1.29, 1.82) is 0 Å². The number of esters is 1. The third-order valence-electron chi connectivity index (χ3n) is 4.31. The Labute approximate surface area is 172 Å². The zero-order valence-electron chi connectivity index (χ0n) is 16.3. The normalized spacial score (nSPS) is 11.7. The van der Waals surface area contributed by atoms with Crippen LogP contribution in [0.3, 0.4) is 0 Å². The summed E-state index contributed by atoms with van der Waals surface area (Å²) in [5, 5.41) is 5.03. The van der Waals surface area contributed by atoms with Gasteiger partial charge in [-0.05, 0) is 50.2 Å². The lowest BCUT2D eigenvalue weighted by molar-refractivity contribution is -0.147. The van der Waals surface area contributed by atoms with Crippen molar-refractivity contribution in [2.45, 2.75) is 19.9 Å². The van der Waals surface area contributed by atoms with Crippen LogP contribution in [-0.4, -0.2) is 34.5 Å². The minimum atomic E-state index is -0.911. The van der Waals surface area contributed by atoms with Crippen molar-refractivity contribution in [3.8, 4) is 28.3 Å². The lowest BCUT2D eigenvalue weighted by Crippen LogP contribution is -2.34. The molecular weight excluding hydrogens is 394 g/mol. The summed E-state index contributed by atoms with van der Waals surface area (Å²) in [7, 11) is 1.58. The summed E-state index contributed by atoms with van der Waals surface area (Å²) in [6.07, 6.45) is 0. The summed E-state index contributed by atoms with van der Waals surface area (Å²) >= 11 is 5.98. The van der Waals surface area contributed by atoms with Gasteiger partial charge in [-0.15, -0.1) is 0 Å². The summed E-state index contributed by atoms with van der Waals surface area (Å²) in [4.78, 5) is 29.0. The summed E-state index contributed by atoms with van der Waals surface area (Å²) in [5.41, 5.74) is 1.59. The third kappa shape index (κ3) is 4.46. The Balaban J connectivity index is 2.19. The molecule has 8 heteroatoms. The highest BCUT2D eigenvalue weighted by Crippen LogP contribution is 2.30. The van der Waals surface area contributed by atoms with Crippen LogP contribution in [0, 0.1) is 0 Å². The molecule has 1 atom stereocenters. The molecule has 3 rings (SSSR count). The number of halogens is 1. The Bertz CT molecular complexity index is 1060. The first-order chi connectivity index (χ1) is 13.9. The first kappa shape index (κ1) is 20.5. The molecule has 0 amide bonds. The van der Waals surface area contributed by atoms with Crippen molar-refractivity contribution in [3.63, 3.8) is 0 Å². The number of ether oxygens (including phenoxy) is 2. The molecule has 150 valence electrons. The summed E-state index contributed by atoms with van der Waals surface area (Å²) in [6.45, 7) is 3.46. The van der Waals surface area contributed by atoms with Gasteiger partial charge >= 0.3 is 11.7 Å². The fraction of sp³-hybridized carbons (Fsp3) is 0.238. The van der Waals surface area contributed by atoms with E-state index >= 15 is 0 Å². The quantitative estimate of drug-likeness (QED) is 0.572. The van der Waals surface area contributed by atoms with Gasteiger partial charge in [0.2, 0.25) is 0 Å². The average Bonchev–Trinajstić information content (AvgIpc) is 2.74. The van der Waals surface area contributed by atoms with Gasteiger partial charge in [-0.25, -0.2) is 9.59 Å². The number of aromatic nitrogens is 3. The molecule has 2 aromatic carbocycles. The number of benzene rings is 2. The summed E-state index contributed by atoms with van der Waals surface area (Å²) < 4.78 is 11.3. The maximum Gasteiger partial charge on any atom is 0.365 e. The second-order valence-electron chi connectivity index (χ2n) is 6.20. The molecule has 0 radical (unpaired) electrons. The van der Waals surface area contributed by atoms with Gasteiger partial charge in [0, 0.05) is 16.1 Å². The zero-order valence-corrected chi connectivity index (χ0v) is 17.0. The highest BCUT2D eigenvalue weighted by atomic mass is 35.5. The Kier molecular flexibility index (Phi) is 6.29. The van der Waals surface area contributed by atoms with Crippen LogP contribution in [0.4, 0.5) is 0 Å². The van der Waals surface area contributed by atoms with E-state index in [4.69, 9.17) is 21.1 Å². The lowest BCUT2D eigenvalue weighted by atomic mass is 10.0. The molecule has 0 saturated carbocycles. The van der Waals surface area contributed by atoms with E-state index in [1.54, 1.807) is 57.4 Å². The van der Waals surface area contributed by atoms with Crippen molar-refractivity contribution in [2.75, 3.05) is 13.7 Å². The van der Waals surface area contributed by atoms with Gasteiger partial charge in [-0.2, -0.15) is 14.8 Å². The van der Waals surface area contributed by atoms with Crippen LogP contribution >= 0.6 is 11.6 Å². The standard InChI is InChI=1S/C21H20ClN3O4/c1-4-29-20(26)13(2)25-21(27)23-18(14-5-9-16(22)10-6-14)19(24-25)15-7-11-17(28-3)12-8-15/h5-13H,4H2,1-3H3. The highest BCUT2D eigenvalue weighted by molar-refractivity contribution is 6.30. The van der Waals surface area contributed by atoms with E-state index < -0.39 is 17.7 Å². The monoisotopic (exact) mass is 413 g/mol. The van der Waals surface area contributed by atoms with Crippen LogP contribution in [0.2, 0.25) is 5.02 Å². The minimum Gasteiger partial charge on any atom is -0.497 e. The number of carbonyl (C=O) groups is 1. The average molecular weight is 414 g/mol. The van der Waals surface area contributed by atoms with E-state index in [0.29, 0.717) is 33.3 Å². The van der Waals surface area contributed by atoms with Gasteiger partial charge in [0.1, 0.15) is 17.1 Å². The molecule has 3 aromatic rings. The Morgan fingerprint density at radius 3 is 2.24 bits per heavy atom. The van der Waals surface area contributed by atoms with Crippen LogP contribution in [-0.2, 0) is 9.53 Å². The predicted molar refractivity (Wildman–Crippen MR) is 110 cm³/mol. The molecule has 1 heterocycles. The number of hydrogen-bond acceptors (Lipinski definition) is 6. The van der Waals surface area contributed by atoms with Crippen LogP contribution in [0.25, 0.3) is 22.5 Å². The largest absolute Gasteiger partial charge is 0.497 e. The third-order valence-corrected chi connectivity index (χ3v) is 4.56. The Hall–Kier alpha value is -3.19. The van der Waals surface area contributed by atoms with Gasteiger partial charge in [0.25, 0.3) is 0 Å². The van der Waals surface area contributed by atoms with Gasteiger partial charge in [-0.1, -0.05) is 23.7 Å². The fourth-order valence-corrected chi connectivity index (χ4v) is 2.89. The molecule has 0 spiro atoms. The number of methoxy groups -OCH3 is 1. The molecule has 29 heavy (non-hydrogen) atoms. The van der Waals surface area contributed by atoms with E-state index in [1.807, 2.05) is 12.1 Å². The molecule has 0 fully saturated rings. The second kappa shape index (κ2) is 8.87. The Morgan fingerprint density at radius 1 is 1.07 bits per heavy atom. The first-order valence-corrected chi connectivity index (χ1v) is 9.40.